The highest BCUT2D eigenvalue weighted by Crippen LogP contribution is 2.39. The van der Waals surface area contributed by atoms with Gasteiger partial charge in [0.25, 0.3) is 0 Å². The molecule has 1 atom stereocenters. The molecule has 254 valence electrons. The molecule has 0 aliphatic carbocycles. The SMILES string of the molecule is c1ccc(-c2ccc(C3N=C(c4cccc5oc6cc(-c7ccc8sc9ccccc9c8c7)ccc6c45)N=C(c4ccc5ccccc5c4)N3)cc2)cc1. The average molecular weight is 710 g/mol. The maximum absolute atomic E-state index is 6.60. The number of nitrogens with zero attached hydrogens (tertiary/aromatic N) is 2. The number of thiophene rings is 1. The number of furan rings is 1. The van der Waals surface area contributed by atoms with Gasteiger partial charge in [-0.25, -0.2) is 9.98 Å². The van der Waals surface area contributed by atoms with Crippen LogP contribution in [0.4, 0.5) is 0 Å². The summed E-state index contributed by atoms with van der Waals surface area (Å²) in [7, 11) is 0. The Labute approximate surface area is 315 Å². The molecule has 4 nitrogen and oxygen atoms in total. The van der Waals surface area contributed by atoms with Crippen LogP contribution in [0.2, 0.25) is 0 Å². The van der Waals surface area contributed by atoms with Crippen LogP contribution in [0.1, 0.15) is 22.9 Å². The molecule has 0 saturated carbocycles. The highest BCUT2D eigenvalue weighted by atomic mass is 32.1. The van der Waals surface area contributed by atoms with Crippen LogP contribution in [0.15, 0.2) is 190 Å². The van der Waals surface area contributed by atoms with Crippen LogP contribution in [-0.2, 0) is 0 Å². The van der Waals surface area contributed by atoms with Crippen molar-refractivity contribution in [3.63, 3.8) is 0 Å². The van der Waals surface area contributed by atoms with Gasteiger partial charge >= 0.3 is 0 Å². The molecule has 2 aromatic heterocycles. The number of hydrogen-bond donors (Lipinski definition) is 1. The molecule has 0 fully saturated rings. The maximum Gasteiger partial charge on any atom is 0.160 e. The van der Waals surface area contributed by atoms with Gasteiger partial charge in [0, 0.05) is 42.1 Å². The van der Waals surface area contributed by atoms with Crippen LogP contribution in [-0.4, -0.2) is 11.7 Å². The topological polar surface area (TPSA) is 49.9 Å². The fourth-order valence-electron chi connectivity index (χ4n) is 7.81. The summed E-state index contributed by atoms with van der Waals surface area (Å²) in [5.74, 6) is 1.45. The Bertz CT molecular complexity index is 3140. The van der Waals surface area contributed by atoms with Gasteiger partial charge in [0.15, 0.2) is 5.84 Å². The van der Waals surface area contributed by atoms with Gasteiger partial charge in [-0.15, -0.1) is 11.3 Å². The lowest BCUT2D eigenvalue weighted by atomic mass is 9.99. The van der Waals surface area contributed by atoms with Crippen molar-refractivity contribution in [1.29, 1.82) is 0 Å². The zero-order valence-electron chi connectivity index (χ0n) is 29.0. The van der Waals surface area contributed by atoms with Crippen LogP contribution in [0.25, 0.3) is 75.1 Å². The van der Waals surface area contributed by atoms with Crippen LogP contribution < -0.4 is 5.32 Å². The smallest absolute Gasteiger partial charge is 0.160 e. The molecular weight excluding hydrogens is 679 g/mol. The van der Waals surface area contributed by atoms with Gasteiger partial charge in [0.2, 0.25) is 0 Å². The van der Waals surface area contributed by atoms with E-state index in [-0.39, 0.29) is 6.17 Å². The molecule has 5 heteroatoms. The van der Waals surface area contributed by atoms with Crippen molar-refractivity contribution in [2.45, 2.75) is 6.17 Å². The molecular formula is C49H31N3OS. The molecule has 1 unspecified atom stereocenters. The number of amidine groups is 2. The van der Waals surface area contributed by atoms with E-state index in [0.717, 1.165) is 55.4 Å². The Morgan fingerprint density at radius 1 is 0.481 bits per heavy atom. The Hall–Kier alpha value is -6.82. The summed E-state index contributed by atoms with van der Waals surface area (Å²) in [6.45, 7) is 0. The van der Waals surface area contributed by atoms with Gasteiger partial charge in [-0.1, -0.05) is 133 Å². The Morgan fingerprint density at radius 2 is 1.20 bits per heavy atom. The minimum Gasteiger partial charge on any atom is -0.456 e. The third-order valence-corrected chi connectivity index (χ3v) is 11.7. The number of aliphatic imine (C=N–C) groups is 2. The molecule has 1 aliphatic rings. The summed E-state index contributed by atoms with van der Waals surface area (Å²) in [4.78, 5) is 10.5. The molecule has 0 saturated heterocycles. The van der Waals surface area contributed by atoms with Crippen molar-refractivity contribution in [3.05, 3.63) is 193 Å². The molecule has 0 spiro atoms. The summed E-state index contributed by atoms with van der Waals surface area (Å²) in [6, 6.07) is 62.2. The number of rotatable bonds is 5. The maximum atomic E-state index is 6.60. The van der Waals surface area contributed by atoms with Gasteiger partial charge in [-0.2, -0.15) is 0 Å². The molecule has 1 N–H and O–H groups in total. The van der Waals surface area contributed by atoms with Crippen LogP contribution >= 0.6 is 11.3 Å². The predicted molar refractivity (Wildman–Crippen MR) is 227 cm³/mol. The normalized spacial score (nSPS) is 14.5. The van der Waals surface area contributed by atoms with Gasteiger partial charge in [-0.3, -0.25) is 0 Å². The fourth-order valence-corrected chi connectivity index (χ4v) is 8.90. The van der Waals surface area contributed by atoms with Gasteiger partial charge < -0.3 is 9.73 Å². The van der Waals surface area contributed by atoms with E-state index in [1.165, 1.54) is 42.2 Å². The lowest BCUT2D eigenvalue weighted by molar-refractivity contribution is 0.668. The molecule has 3 heterocycles. The highest BCUT2D eigenvalue weighted by Gasteiger charge is 2.24. The Kier molecular flexibility index (Phi) is 7.07. The number of fused-ring (bicyclic) bond motifs is 7. The molecule has 11 rings (SSSR count). The molecule has 8 aromatic carbocycles. The van der Waals surface area contributed by atoms with E-state index in [4.69, 9.17) is 14.4 Å². The number of benzene rings is 8. The molecule has 0 radical (unpaired) electrons. The van der Waals surface area contributed by atoms with E-state index in [1.807, 2.05) is 29.5 Å². The van der Waals surface area contributed by atoms with E-state index in [9.17, 15) is 0 Å². The Morgan fingerprint density at radius 3 is 2.11 bits per heavy atom. The van der Waals surface area contributed by atoms with Gasteiger partial charge in [0.05, 0.1) is 0 Å². The fraction of sp³-hybridized carbons (Fsp3) is 0.0204. The van der Waals surface area contributed by atoms with Crippen molar-refractivity contribution < 1.29 is 4.42 Å². The average Bonchev–Trinajstić information content (AvgIpc) is 3.81. The quantitative estimate of drug-likeness (QED) is 0.193. The lowest BCUT2D eigenvalue weighted by Gasteiger charge is -2.24. The molecule has 0 bridgehead atoms. The Balaban J connectivity index is 1.03. The molecule has 1 aliphatic heterocycles. The summed E-state index contributed by atoms with van der Waals surface area (Å²) >= 11 is 1.84. The van der Waals surface area contributed by atoms with E-state index in [2.05, 4.69) is 163 Å². The predicted octanol–water partition coefficient (Wildman–Crippen LogP) is 12.9. The van der Waals surface area contributed by atoms with Crippen molar-refractivity contribution in [3.8, 4) is 22.3 Å². The van der Waals surface area contributed by atoms with E-state index in [0.29, 0.717) is 5.84 Å². The second-order valence-corrected chi connectivity index (χ2v) is 14.9. The van der Waals surface area contributed by atoms with Crippen molar-refractivity contribution in [2.24, 2.45) is 9.98 Å². The molecule has 54 heavy (non-hydrogen) atoms. The monoisotopic (exact) mass is 709 g/mol. The lowest BCUT2D eigenvalue weighted by Crippen LogP contribution is -2.33. The minimum atomic E-state index is -0.341. The minimum absolute atomic E-state index is 0.341. The van der Waals surface area contributed by atoms with Crippen molar-refractivity contribution in [1.82, 2.24) is 5.32 Å². The third-order valence-electron chi connectivity index (χ3n) is 10.5. The van der Waals surface area contributed by atoms with Crippen molar-refractivity contribution >= 4 is 75.9 Å². The van der Waals surface area contributed by atoms with Crippen LogP contribution in [0, 0.1) is 0 Å². The van der Waals surface area contributed by atoms with E-state index in [1.54, 1.807) is 0 Å². The highest BCUT2D eigenvalue weighted by molar-refractivity contribution is 7.25. The largest absolute Gasteiger partial charge is 0.456 e. The first-order valence-corrected chi connectivity index (χ1v) is 19.0. The second-order valence-electron chi connectivity index (χ2n) is 13.8. The molecule has 0 amide bonds. The summed E-state index contributed by atoms with van der Waals surface area (Å²) in [5.41, 5.74) is 9.30. The van der Waals surface area contributed by atoms with Crippen molar-refractivity contribution in [2.75, 3.05) is 0 Å². The van der Waals surface area contributed by atoms with Crippen LogP contribution in [0.5, 0.6) is 0 Å². The summed E-state index contributed by atoms with van der Waals surface area (Å²) < 4.78 is 9.20. The van der Waals surface area contributed by atoms with Crippen LogP contribution in [0.3, 0.4) is 0 Å². The first-order valence-electron chi connectivity index (χ1n) is 18.2. The standard InChI is InChI=1S/C49H31N3OS/c1-2-9-30(10-3-1)32-17-20-33(21-18-32)47-50-48(37-22-19-31-11-4-5-12-34(31)27-37)52-49(51-47)40-14-8-15-42-46(40)39-25-23-36(29-43(39)53-42)35-24-26-45-41(28-35)38-13-6-7-16-44(38)54-45/h1-29,47H,(H,50,51,52). The first kappa shape index (κ1) is 30.8. The van der Waals surface area contributed by atoms with Gasteiger partial charge in [0.1, 0.15) is 23.2 Å². The zero-order chi connectivity index (χ0) is 35.6. The third kappa shape index (κ3) is 5.20. The van der Waals surface area contributed by atoms with Gasteiger partial charge in [-0.05, 0) is 81.1 Å². The second kappa shape index (κ2) is 12.4. The van der Waals surface area contributed by atoms with E-state index >= 15 is 0 Å². The first-order chi connectivity index (χ1) is 26.7. The van der Waals surface area contributed by atoms with E-state index < -0.39 is 0 Å². The number of nitrogens with one attached hydrogen (secondary N) is 1. The number of hydrogen-bond acceptors (Lipinski definition) is 5. The molecule has 10 aromatic rings. The zero-order valence-corrected chi connectivity index (χ0v) is 29.8. The summed E-state index contributed by atoms with van der Waals surface area (Å²) in [5, 5.41) is 10.7. The summed E-state index contributed by atoms with van der Waals surface area (Å²) in [6.07, 6.45) is -0.341.